The van der Waals surface area contributed by atoms with Crippen LogP contribution in [-0.4, -0.2) is 46.4 Å². The fourth-order valence-electron chi connectivity index (χ4n) is 1.04. The van der Waals surface area contributed by atoms with E-state index in [1.165, 1.54) is 7.11 Å². The number of nitrogens with one attached hydrogen (secondary N) is 2. The van der Waals surface area contributed by atoms with Crippen molar-refractivity contribution in [3.8, 4) is 0 Å². The van der Waals surface area contributed by atoms with Crippen molar-refractivity contribution >= 4 is 16.0 Å². The molecule has 1 aliphatic rings. The van der Waals surface area contributed by atoms with E-state index in [0.29, 0.717) is 6.54 Å². The second-order valence-corrected chi connectivity index (χ2v) is 4.59. The Bertz CT molecular complexity index is 287. The SMILES string of the molecule is COC(=O)C1CNCCS(=O)(=O)N1. The van der Waals surface area contributed by atoms with Crippen LogP contribution in [0.15, 0.2) is 0 Å². The quantitative estimate of drug-likeness (QED) is 0.489. The molecular weight excluding hydrogens is 196 g/mol. The normalized spacial score (nSPS) is 27.6. The highest BCUT2D eigenvalue weighted by molar-refractivity contribution is 7.89. The lowest BCUT2D eigenvalue weighted by Gasteiger charge is -2.11. The summed E-state index contributed by atoms with van der Waals surface area (Å²) >= 11 is 0. The highest BCUT2D eigenvalue weighted by Crippen LogP contribution is 1.95. The van der Waals surface area contributed by atoms with Crippen LogP contribution in [0.4, 0.5) is 0 Å². The molecule has 1 aliphatic heterocycles. The Morgan fingerprint density at radius 2 is 2.23 bits per heavy atom. The van der Waals surface area contributed by atoms with Gasteiger partial charge in [0.2, 0.25) is 10.0 Å². The van der Waals surface area contributed by atoms with Gasteiger partial charge in [0.25, 0.3) is 0 Å². The lowest BCUT2D eigenvalue weighted by molar-refractivity contribution is -0.142. The summed E-state index contributed by atoms with van der Waals surface area (Å²) in [5, 5.41) is 2.83. The molecular formula is C6H12N2O4S. The van der Waals surface area contributed by atoms with Gasteiger partial charge in [0, 0.05) is 13.1 Å². The number of sulfonamides is 1. The van der Waals surface area contributed by atoms with E-state index in [0.717, 1.165) is 0 Å². The first-order chi connectivity index (χ1) is 6.05. The van der Waals surface area contributed by atoms with Crippen molar-refractivity contribution < 1.29 is 17.9 Å². The van der Waals surface area contributed by atoms with Gasteiger partial charge in [0.15, 0.2) is 0 Å². The maximum absolute atomic E-state index is 11.1. The molecule has 7 heteroatoms. The van der Waals surface area contributed by atoms with Crippen LogP contribution in [0.5, 0.6) is 0 Å². The molecule has 0 amide bonds. The Labute approximate surface area is 76.7 Å². The van der Waals surface area contributed by atoms with Crippen LogP contribution in [0.1, 0.15) is 0 Å². The molecule has 1 saturated heterocycles. The van der Waals surface area contributed by atoms with Crippen molar-refractivity contribution in [1.29, 1.82) is 0 Å². The molecule has 1 atom stereocenters. The number of carbonyl (C=O) groups is 1. The molecule has 0 spiro atoms. The molecule has 1 fully saturated rings. The molecule has 1 unspecified atom stereocenters. The van der Waals surface area contributed by atoms with Gasteiger partial charge in [0.05, 0.1) is 12.9 Å². The predicted molar refractivity (Wildman–Crippen MR) is 45.6 cm³/mol. The maximum Gasteiger partial charge on any atom is 0.325 e. The summed E-state index contributed by atoms with van der Waals surface area (Å²) in [5.74, 6) is -0.585. The Balaban J connectivity index is 2.71. The van der Waals surface area contributed by atoms with Gasteiger partial charge in [-0.25, -0.2) is 8.42 Å². The molecule has 0 bridgehead atoms. The largest absolute Gasteiger partial charge is 0.468 e. The van der Waals surface area contributed by atoms with Crippen molar-refractivity contribution in [1.82, 2.24) is 10.0 Å². The number of methoxy groups -OCH3 is 1. The molecule has 2 N–H and O–H groups in total. The molecule has 0 radical (unpaired) electrons. The number of hydrogen-bond donors (Lipinski definition) is 2. The summed E-state index contributed by atoms with van der Waals surface area (Å²) in [4.78, 5) is 11.0. The van der Waals surface area contributed by atoms with E-state index in [2.05, 4.69) is 14.8 Å². The zero-order chi connectivity index (χ0) is 9.90. The number of hydrogen-bond acceptors (Lipinski definition) is 5. The minimum atomic E-state index is -3.34. The highest BCUT2D eigenvalue weighted by atomic mass is 32.2. The highest BCUT2D eigenvalue weighted by Gasteiger charge is 2.27. The smallest absolute Gasteiger partial charge is 0.325 e. The first-order valence-corrected chi connectivity index (χ1v) is 5.49. The Hall–Kier alpha value is -0.660. The molecule has 76 valence electrons. The summed E-state index contributed by atoms with van der Waals surface area (Å²) in [6, 6.07) is -0.808. The Kier molecular flexibility index (Phi) is 3.23. The second-order valence-electron chi connectivity index (χ2n) is 2.72. The molecule has 0 aromatic heterocycles. The molecule has 0 aliphatic carbocycles. The minimum absolute atomic E-state index is 0.0134. The van der Waals surface area contributed by atoms with Crippen LogP contribution in [-0.2, 0) is 19.6 Å². The Morgan fingerprint density at radius 3 is 2.85 bits per heavy atom. The topological polar surface area (TPSA) is 84.5 Å². The van der Waals surface area contributed by atoms with Crippen LogP contribution in [0, 0.1) is 0 Å². The van der Waals surface area contributed by atoms with Crippen LogP contribution < -0.4 is 10.0 Å². The lowest BCUT2D eigenvalue weighted by Crippen LogP contribution is -2.44. The van der Waals surface area contributed by atoms with E-state index in [9.17, 15) is 13.2 Å². The first-order valence-electron chi connectivity index (χ1n) is 3.84. The van der Waals surface area contributed by atoms with Gasteiger partial charge in [-0.2, -0.15) is 4.72 Å². The van der Waals surface area contributed by atoms with Crippen LogP contribution in [0.3, 0.4) is 0 Å². The fourth-order valence-corrected chi connectivity index (χ4v) is 2.19. The van der Waals surface area contributed by atoms with Crippen LogP contribution >= 0.6 is 0 Å². The third-order valence-electron chi connectivity index (χ3n) is 1.70. The van der Waals surface area contributed by atoms with Crippen molar-refractivity contribution in [2.45, 2.75) is 6.04 Å². The monoisotopic (exact) mass is 208 g/mol. The molecule has 1 heterocycles. The number of ether oxygens (including phenoxy) is 1. The maximum atomic E-state index is 11.1. The molecule has 6 nitrogen and oxygen atoms in total. The Morgan fingerprint density at radius 1 is 1.54 bits per heavy atom. The fraction of sp³-hybridized carbons (Fsp3) is 0.833. The predicted octanol–water partition coefficient (Wildman–Crippen LogP) is -1.95. The zero-order valence-electron chi connectivity index (χ0n) is 7.24. The zero-order valence-corrected chi connectivity index (χ0v) is 8.06. The summed E-state index contributed by atoms with van der Waals surface area (Å²) in [7, 11) is -2.11. The van der Waals surface area contributed by atoms with Gasteiger partial charge in [-0.3, -0.25) is 4.79 Å². The van der Waals surface area contributed by atoms with Gasteiger partial charge in [-0.15, -0.1) is 0 Å². The van der Waals surface area contributed by atoms with Gasteiger partial charge >= 0.3 is 5.97 Å². The van der Waals surface area contributed by atoms with Crippen molar-refractivity contribution in [2.24, 2.45) is 0 Å². The standard InChI is InChI=1S/C6H12N2O4S/c1-12-6(9)5-4-7-2-3-13(10,11)8-5/h5,7-8H,2-4H2,1H3. The third-order valence-corrected chi connectivity index (χ3v) is 3.09. The average Bonchev–Trinajstić information content (AvgIpc) is 2.25. The van der Waals surface area contributed by atoms with Crippen LogP contribution in [0.25, 0.3) is 0 Å². The van der Waals surface area contributed by atoms with E-state index < -0.39 is 22.0 Å². The van der Waals surface area contributed by atoms with Gasteiger partial charge in [0.1, 0.15) is 6.04 Å². The average molecular weight is 208 g/mol. The number of rotatable bonds is 1. The van der Waals surface area contributed by atoms with Crippen molar-refractivity contribution in [3.05, 3.63) is 0 Å². The molecule has 1 rings (SSSR count). The van der Waals surface area contributed by atoms with Gasteiger partial charge in [-0.05, 0) is 0 Å². The van der Waals surface area contributed by atoms with E-state index in [4.69, 9.17) is 0 Å². The van der Waals surface area contributed by atoms with E-state index >= 15 is 0 Å². The molecule has 0 aromatic rings. The van der Waals surface area contributed by atoms with Gasteiger partial charge < -0.3 is 10.1 Å². The summed E-state index contributed by atoms with van der Waals surface area (Å²) in [6.45, 7) is 0.620. The molecule has 13 heavy (non-hydrogen) atoms. The summed E-state index contributed by atoms with van der Waals surface area (Å²) < 4.78 is 29.0. The number of carbonyl (C=O) groups excluding carboxylic acids is 1. The lowest BCUT2D eigenvalue weighted by atomic mass is 10.3. The third kappa shape index (κ3) is 2.94. The van der Waals surface area contributed by atoms with E-state index in [1.807, 2.05) is 0 Å². The van der Waals surface area contributed by atoms with E-state index in [-0.39, 0.29) is 12.3 Å². The van der Waals surface area contributed by atoms with Crippen LogP contribution in [0.2, 0.25) is 0 Å². The van der Waals surface area contributed by atoms with E-state index in [1.54, 1.807) is 0 Å². The summed E-state index contributed by atoms with van der Waals surface area (Å²) in [5.41, 5.74) is 0. The van der Waals surface area contributed by atoms with Crippen molar-refractivity contribution in [3.63, 3.8) is 0 Å². The second kappa shape index (κ2) is 4.03. The van der Waals surface area contributed by atoms with Gasteiger partial charge in [-0.1, -0.05) is 0 Å². The molecule has 0 saturated carbocycles. The summed E-state index contributed by atoms with van der Waals surface area (Å²) in [6.07, 6.45) is 0. The number of esters is 1. The van der Waals surface area contributed by atoms with Crippen molar-refractivity contribution in [2.75, 3.05) is 26.0 Å². The first kappa shape index (κ1) is 10.4. The minimum Gasteiger partial charge on any atom is -0.468 e. The molecule has 0 aromatic carbocycles.